The first-order chi connectivity index (χ1) is 5.70. The Labute approximate surface area is 76.5 Å². The van der Waals surface area contributed by atoms with Gasteiger partial charge in [-0.05, 0) is 13.3 Å². The van der Waals surface area contributed by atoms with E-state index < -0.39 is 0 Å². The van der Waals surface area contributed by atoms with Crippen LogP contribution < -0.4 is 5.73 Å². The Morgan fingerprint density at radius 1 is 1.67 bits per heavy atom. The molecule has 2 rings (SSSR count). The Bertz CT molecular complexity index is 303. The van der Waals surface area contributed by atoms with E-state index in [1.54, 1.807) is 0 Å². The Morgan fingerprint density at radius 3 is 3.08 bits per heavy atom. The maximum absolute atomic E-state index is 5.95. The number of aromatic nitrogens is 2. The summed E-state index contributed by atoms with van der Waals surface area (Å²) in [7, 11) is 0. The van der Waals surface area contributed by atoms with E-state index in [2.05, 4.69) is 9.55 Å². The first kappa shape index (κ1) is 8.08. The van der Waals surface area contributed by atoms with Crippen LogP contribution in [0.15, 0.2) is 0 Å². The summed E-state index contributed by atoms with van der Waals surface area (Å²) in [6.45, 7) is 2.96. The quantitative estimate of drug-likeness (QED) is 0.721. The van der Waals surface area contributed by atoms with Crippen LogP contribution in [0, 0.1) is 0 Å². The van der Waals surface area contributed by atoms with E-state index in [0.717, 1.165) is 24.5 Å². The second-order valence-corrected chi connectivity index (χ2v) is 3.61. The lowest BCUT2D eigenvalue weighted by molar-refractivity contribution is 0.656. The highest BCUT2D eigenvalue weighted by Gasteiger charge is 2.21. The third-order valence-electron chi connectivity index (χ3n) is 2.25. The predicted molar refractivity (Wildman–Crippen MR) is 48.2 cm³/mol. The van der Waals surface area contributed by atoms with Crippen molar-refractivity contribution in [3.63, 3.8) is 0 Å². The molecule has 0 saturated heterocycles. The lowest BCUT2D eigenvalue weighted by Gasteiger charge is -2.07. The fourth-order valence-corrected chi connectivity index (χ4v) is 2.12. The van der Waals surface area contributed by atoms with Gasteiger partial charge in [0.15, 0.2) is 5.15 Å². The van der Waals surface area contributed by atoms with Crippen LogP contribution in [0.25, 0.3) is 0 Å². The molecule has 0 radical (unpaired) electrons. The summed E-state index contributed by atoms with van der Waals surface area (Å²) in [5.74, 6) is 1.09. The minimum Gasteiger partial charge on any atom is -0.329 e. The third kappa shape index (κ3) is 1.04. The number of rotatable bonds is 1. The standard InChI is InChI=1S/C8H12ClN3/c1-5(10)7-8(9)11-6-3-2-4-12(6)7/h5H,2-4,10H2,1H3. The van der Waals surface area contributed by atoms with E-state index in [1.807, 2.05) is 6.92 Å². The number of fused-ring (bicyclic) bond motifs is 1. The van der Waals surface area contributed by atoms with Crippen molar-refractivity contribution >= 4 is 11.6 Å². The van der Waals surface area contributed by atoms with Gasteiger partial charge in [-0.1, -0.05) is 11.6 Å². The number of nitrogens with two attached hydrogens (primary N) is 1. The molecule has 1 aliphatic heterocycles. The molecular formula is C8H12ClN3. The highest BCUT2D eigenvalue weighted by Crippen LogP contribution is 2.26. The van der Waals surface area contributed by atoms with Gasteiger partial charge in [0.05, 0.1) is 5.69 Å². The van der Waals surface area contributed by atoms with Crippen molar-refractivity contribution in [2.45, 2.75) is 32.4 Å². The molecule has 0 spiro atoms. The molecule has 2 N–H and O–H groups in total. The lowest BCUT2D eigenvalue weighted by atomic mass is 10.3. The molecule has 66 valence electrons. The van der Waals surface area contributed by atoms with Gasteiger partial charge in [0.25, 0.3) is 0 Å². The van der Waals surface area contributed by atoms with E-state index in [1.165, 1.54) is 6.42 Å². The van der Waals surface area contributed by atoms with Crippen LogP contribution in [0.2, 0.25) is 5.15 Å². The molecule has 1 unspecified atom stereocenters. The number of aryl methyl sites for hydroxylation is 1. The molecule has 1 aromatic rings. The van der Waals surface area contributed by atoms with E-state index in [-0.39, 0.29) is 6.04 Å². The van der Waals surface area contributed by atoms with Gasteiger partial charge in [-0.25, -0.2) is 4.98 Å². The average Bonchev–Trinajstić information content (AvgIpc) is 2.44. The molecule has 0 aliphatic carbocycles. The predicted octanol–water partition coefficient (Wildman–Crippen LogP) is 1.50. The van der Waals surface area contributed by atoms with Gasteiger partial charge in [0.2, 0.25) is 0 Å². The van der Waals surface area contributed by atoms with Gasteiger partial charge < -0.3 is 10.3 Å². The van der Waals surface area contributed by atoms with Crippen molar-refractivity contribution in [3.8, 4) is 0 Å². The zero-order chi connectivity index (χ0) is 8.72. The van der Waals surface area contributed by atoms with Crippen LogP contribution in [-0.2, 0) is 13.0 Å². The van der Waals surface area contributed by atoms with Crippen LogP contribution in [0.5, 0.6) is 0 Å². The van der Waals surface area contributed by atoms with Crippen molar-refractivity contribution in [2.75, 3.05) is 0 Å². The Hall–Kier alpha value is -0.540. The van der Waals surface area contributed by atoms with Crippen LogP contribution in [0.1, 0.15) is 30.9 Å². The minimum absolute atomic E-state index is 0.0168. The maximum Gasteiger partial charge on any atom is 0.152 e. The van der Waals surface area contributed by atoms with Crippen LogP contribution in [0.4, 0.5) is 0 Å². The minimum atomic E-state index is -0.0168. The zero-order valence-corrected chi connectivity index (χ0v) is 7.80. The molecular weight excluding hydrogens is 174 g/mol. The highest BCUT2D eigenvalue weighted by molar-refractivity contribution is 6.30. The fraction of sp³-hybridized carbons (Fsp3) is 0.625. The van der Waals surface area contributed by atoms with Crippen molar-refractivity contribution < 1.29 is 0 Å². The van der Waals surface area contributed by atoms with Crippen molar-refractivity contribution in [1.82, 2.24) is 9.55 Å². The molecule has 2 heterocycles. The van der Waals surface area contributed by atoms with Gasteiger partial charge in [-0.15, -0.1) is 0 Å². The van der Waals surface area contributed by atoms with Gasteiger partial charge in [-0.3, -0.25) is 0 Å². The first-order valence-electron chi connectivity index (χ1n) is 4.20. The van der Waals surface area contributed by atoms with Gasteiger partial charge in [0.1, 0.15) is 5.82 Å². The highest BCUT2D eigenvalue weighted by atomic mass is 35.5. The van der Waals surface area contributed by atoms with Crippen LogP contribution >= 0.6 is 11.6 Å². The Kier molecular flexibility index (Phi) is 1.85. The van der Waals surface area contributed by atoms with Crippen molar-refractivity contribution in [3.05, 3.63) is 16.7 Å². The summed E-state index contributed by atoms with van der Waals surface area (Å²) in [6.07, 6.45) is 2.20. The van der Waals surface area contributed by atoms with Crippen LogP contribution in [-0.4, -0.2) is 9.55 Å². The van der Waals surface area contributed by atoms with E-state index >= 15 is 0 Å². The zero-order valence-electron chi connectivity index (χ0n) is 7.05. The van der Waals surface area contributed by atoms with Crippen molar-refractivity contribution in [2.24, 2.45) is 5.73 Å². The summed E-state index contributed by atoms with van der Waals surface area (Å²) in [4.78, 5) is 4.26. The molecule has 12 heavy (non-hydrogen) atoms. The lowest BCUT2D eigenvalue weighted by Crippen LogP contribution is -2.11. The fourth-order valence-electron chi connectivity index (χ4n) is 1.75. The van der Waals surface area contributed by atoms with Gasteiger partial charge in [0, 0.05) is 19.0 Å². The smallest absolute Gasteiger partial charge is 0.152 e. The van der Waals surface area contributed by atoms with E-state index in [0.29, 0.717) is 5.15 Å². The molecule has 0 amide bonds. The maximum atomic E-state index is 5.95. The van der Waals surface area contributed by atoms with E-state index in [9.17, 15) is 0 Å². The molecule has 1 aliphatic rings. The monoisotopic (exact) mass is 185 g/mol. The molecule has 0 fully saturated rings. The number of halogens is 1. The summed E-state index contributed by atoms with van der Waals surface area (Å²) >= 11 is 5.95. The average molecular weight is 186 g/mol. The summed E-state index contributed by atoms with van der Waals surface area (Å²) in [5, 5.41) is 0.583. The molecule has 0 bridgehead atoms. The SMILES string of the molecule is CC(N)c1c(Cl)nc2n1CCC2. The van der Waals surface area contributed by atoms with Crippen molar-refractivity contribution in [1.29, 1.82) is 0 Å². The third-order valence-corrected chi connectivity index (χ3v) is 2.53. The first-order valence-corrected chi connectivity index (χ1v) is 4.58. The number of imidazole rings is 1. The largest absolute Gasteiger partial charge is 0.329 e. The summed E-state index contributed by atoms with van der Waals surface area (Å²) in [5.41, 5.74) is 6.78. The van der Waals surface area contributed by atoms with Gasteiger partial charge >= 0.3 is 0 Å². The number of nitrogens with zero attached hydrogens (tertiary/aromatic N) is 2. The topological polar surface area (TPSA) is 43.8 Å². The Balaban J connectivity index is 2.52. The molecule has 0 saturated carbocycles. The Morgan fingerprint density at radius 2 is 2.42 bits per heavy atom. The van der Waals surface area contributed by atoms with E-state index in [4.69, 9.17) is 17.3 Å². The molecule has 1 aromatic heterocycles. The second kappa shape index (κ2) is 2.75. The molecule has 3 nitrogen and oxygen atoms in total. The molecule has 1 atom stereocenters. The van der Waals surface area contributed by atoms with Crippen LogP contribution in [0.3, 0.4) is 0 Å². The summed E-state index contributed by atoms with van der Waals surface area (Å²) < 4.78 is 2.15. The second-order valence-electron chi connectivity index (χ2n) is 3.25. The number of hydrogen-bond donors (Lipinski definition) is 1. The molecule has 4 heteroatoms. The van der Waals surface area contributed by atoms with Gasteiger partial charge in [-0.2, -0.15) is 0 Å². The number of hydrogen-bond acceptors (Lipinski definition) is 2. The summed E-state index contributed by atoms with van der Waals surface area (Å²) in [6, 6.07) is -0.0168. The normalized spacial score (nSPS) is 17.9. The molecule has 0 aromatic carbocycles.